The number of carbonyl (C=O) groups excluding carboxylic acids is 2. The molecule has 1 aliphatic rings. The molecule has 4 rings (SSSR count). The fourth-order valence-electron chi connectivity index (χ4n) is 3.76. The second-order valence-corrected chi connectivity index (χ2v) is 7.52. The van der Waals surface area contributed by atoms with Crippen LogP contribution in [0.4, 0.5) is 4.39 Å². The fourth-order valence-corrected chi connectivity index (χ4v) is 3.76. The molecule has 1 aromatic heterocycles. The van der Waals surface area contributed by atoms with E-state index in [0.717, 1.165) is 0 Å². The third-order valence-electron chi connectivity index (χ3n) is 5.46. The number of likely N-dealkylation sites (tertiary alicyclic amines) is 1. The minimum atomic E-state index is -0.428. The van der Waals surface area contributed by atoms with Crippen LogP contribution in [0.1, 0.15) is 47.5 Å². The summed E-state index contributed by atoms with van der Waals surface area (Å²) in [5.74, 6) is 0.139. The summed E-state index contributed by atoms with van der Waals surface area (Å²) >= 11 is 0. The molecule has 8 heteroatoms. The fraction of sp³-hybridized carbons (Fsp3) is 0.304. The molecule has 2 aromatic carbocycles. The van der Waals surface area contributed by atoms with Crippen LogP contribution in [0, 0.1) is 12.7 Å². The van der Waals surface area contributed by atoms with Gasteiger partial charge in [0.15, 0.2) is 0 Å². The molecule has 0 radical (unpaired) electrons. The number of aromatic nitrogens is 2. The number of hydrogen-bond donors (Lipinski definition) is 0. The molecule has 160 valence electrons. The predicted molar refractivity (Wildman–Crippen MR) is 110 cm³/mol. The lowest BCUT2D eigenvalue weighted by molar-refractivity contribution is -0.131. The second kappa shape index (κ2) is 8.67. The van der Waals surface area contributed by atoms with Gasteiger partial charge in [0.2, 0.25) is 11.7 Å². The van der Waals surface area contributed by atoms with Crippen LogP contribution in [0.15, 0.2) is 47.0 Å². The zero-order valence-corrected chi connectivity index (χ0v) is 17.3. The topological polar surface area (TPSA) is 85.5 Å². The molecule has 0 spiro atoms. The smallest absolute Gasteiger partial charge is 0.308 e. The van der Waals surface area contributed by atoms with Gasteiger partial charge >= 0.3 is 5.97 Å². The van der Waals surface area contributed by atoms with E-state index >= 15 is 0 Å². The van der Waals surface area contributed by atoms with E-state index in [1.807, 2.05) is 0 Å². The maximum atomic E-state index is 14.0. The summed E-state index contributed by atoms with van der Waals surface area (Å²) in [7, 11) is 0. The normalized spacial score (nSPS) is 14.5. The summed E-state index contributed by atoms with van der Waals surface area (Å²) < 4.78 is 24.5. The van der Waals surface area contributed by atoms with Crippen LogP contribution in [-0.2, 0) is 4.79 Å². The van der Waals surface area contributed by atoms with Crippen molar-refractivity contribution >= 4 is 11.9 Å². The van der Waals surface area contributed by atoms with Crippen LogP contribution < -0.4 is 4.74 Å². The molecule has 2 heterocycles. The number of carbonyl (C=O) groups is 2. The Morgan fingerprint density at radius 2 is 1.87 bits per heavy atom. The highest BCUT2D eigenvalue weighted by atomic mass is 19.1. The summed E-state index contributed by atoms with van der Waals surface area (Å²) in [6.07, 6.45) is 1.32. The van der Waals surface area contributed by atoms with Gasteiger partial charge in [-0.1, -0.05) is 23.4 Å². The Morgan fingerprint density at radius 1 is 1.13 bits per heavy atom. The zero-order valence-electron chi connectivity index (χ0n) is 17.3. The number of halogens is 1. The van der Waals surface area contributed by atoms with Crippen LogP contribution in [0.5, 0.6) is 5.75 Å². The van der Waals surface area contributed by atoms with Gasteiger partial charge in [-0.25, -0.2) is 4.39 Å². The molecule has 1 amide bonds. The molecule has 0 bridgehead atoms. The Bertz CT molecular complexity index is 1120. The highest BCUT2D eigenvalue weighted by Crippen LogP contribution is 2.31. The van der Waals surface area contributed by atoms with Crippen molar-refractivity contribution in [2.24, 2.45) is 0 Å². The molecule has 1 saturated heterocycles. The lowest BCUT2D eigenvalue weighted by Crippen LogP contribution is -2.38. The van der Waals surface area contributed by atoms with Crippen LogP contribution >= 0.6 is 0 Å². The number of nitrogens with zero attached hydrogens (tertiary/aromatic N) is 3. The molecule has 0 unspecified atom stereocenters. The van der Waals surface area contributed by atoms with Crippen LogP contribution in [-0.4, -0.2) is 40.0 Å². The average Bonchev–Trinajstić information content (AvgIpc) is 3.25. The maximum absolute atomic E-state index is 14.0. The molecule has 7 nitrogen and oxygen atoms in total. The van der Waals surface area contributed by atoms with E-state index in [0.29, 0.717) is 54.3 Å². The molecule has 0 atom stereocenters. The number of piperidine rings is 1. The first kappa shape index (κ1) is 20.7. The minimum Gasteiger partial charge on any atom is -0.426 e. The monoisotopic (exact) mass is 423 g/mol. The van der Waals surface area contributed by atoms with Gasteiger partial charge in [-0.3, -0.25) is 9.59 Å². The molecule has 0 saturated carbocycles. The van der Waals surface area contributed by atoms with Gasteiger partial charge in [-0.2, -0.15) is 4.98 Å². The van der Waals surface area contributed by atoms with Crippen molar-refractivity contribution in [2.45, 2.75) is 32.6 Å². The lowest BCUT2D eigenvalue weighted by Gasteiger charge is -2.31. The number of hydrogen-bond acceptors (Lipinski definition) is 6. The Morgan fingerprint density at radius 3 is 2.58 bits per heavy atom. The Balaban J connectivity index is 1.43. The van der Waals surface area contributed by atoms with E-state index in [1.54, 1.807) is 48.2 Å². The highest BCUT2D eigenvalue weighted by Gasteiger charge is 2.29. The molecular weight excluding hydrogens is 401 g/mol. The van der Waals surface area contributed by atoms with Gasteiger partial charge < -0.3 is 14.2 Å². The predicted octanol–water partition coefficient (Wildman–Crippen LogP) is 4.13. The molecule has 3 aromatic rings. The second-order valence-electron chi connectivity index (χ2n) is 7.52. The van der Waals surface area contributed by atoms with Crippen molar-refractivity contribution in [3.63, 3.8) is 0 Å². The largest absolute Gasteiger partial charge is 0.426 e. The van der Waals surface area contributed by atoms with Gasteiger partial charge in [0.05, 0.1) is 5.56 Å². The first-order chi connectivity index (χ1) is 14.9. The first-order valence-corrected chi connectivity index (χ1v) is 10.1. The van der Waals surface area contributed by atoms with Gasteiger partial charge in [0, 0.05) is 37.1 Å². The van der Waals surface area contributed by atoms with E-state index in [-0.39, 0.29) is 17.6 Å². The van der Waals surface area contributed by atoms with Crippen molar-refractivity contribution in [1.29, 1.82) is 0 Å². The SMILES string of the molecule is CC(=O)Oc1cccc(C(=O)N2CCC(c3nc(-c4ccccc4F)no3)CC2)c1C. The van der Waals surface area contributed by atoms with Gasteiger partial charge in [-0.05, 0) is 44.0 Å². The highest BCUT2D eigenvalue weighted by molar-refractivity contribution is 5.96. The van der Waals surface area contributed by atoms with Crippen LogP contribution in [0.25, 0.3) is 11.4 Å². The lowest BCUT2D eigenvalue weighted by atomic mass is 9.95. The van der Waals surface area contributed by atoms with E-state index in [1.165, 1.54) is 13.0 Å². The molecule has 0 N–H and O–H groups in total. The number of amides is 1. The molecule has 0 aliphatic carbocycles. The molecule has 31 heavy (non-hydrogen) atoms. The number of rotatable bonds is 4. The van der Waals surface area contributed by atoms with Crippen LogP contribution in [0.2, 0.25) is 0 Å². The van der Waals surface area contributed by atoms with E-state index < -0.39 is 11.8 Å². The summed E-state index contributed by atoms with van der Waals surface area (Å²) in [6, 6.07) is 11.4. The summed E-state index contributed by atoms with van der Waals surface area (Å²) in [5.41, 5.74) is 1.45. The Kier molecular flexibility index (Phi) is 5.79. The Labute approximate surface area is 178 Å². The zero-order chi connectivity index (χ0) is 22.0. The van der Waals surface area contributed by atoms with E-state index in [9.17, 15) is 14.0 Å². The minimum absolute atomic E-state index is 0.00514. The average molecular weight is 423 g/mol. The van der Waals surface area contributed by atoms with Crippen molar-refractivity contribution in [3.05, 3.63) is 65.3 Å². The van der Waals surface area contributed by atoms with Crippen molar-refractivity contribution in [1.82, 2.24) is 15.0 Å². The number of benzene rings is 2. The van der Waals surface area contributed by atoms with Crippen molar-refractivity contribution in [3.8, 4) is 17.1 Å². The molecule has 1 fully saturated rings. The molecule has 1 aliphatic heterocycles. The van der Waals surface area contributed by atoms with Crippen molar-refractivity contribution in [2.75, 3.05) is 13.1 Å². The molecular formula is C23H22FN3O4. The van der Waals surface area contributed by atoms with Gasteiger partial charge in [-0.15, -0.1) is 0 Å². The summed E-state index contributed by atoms with van der Waals surface area (Å²) in [6.45, 7) is 4.14. The third kappa shape index (κ3) is 4.33. The van der Waals surface area contributed by atoms with Gasteiger partial charge in [0.25, 0.3) is 5.91 Å². The van der Waals surface area contributed by atoms with Crippen LogP contribution in [0.3, 0.4) is 0 Å². The third-order valence-corrected chi connectivity index (χ3v) is 5.46. The standard InChI is InChI=1S/C23H22FN3O4/c1-14-17(7-5-9-20(14)30-15(2)28)23(29)27-12-10-16(11-13-27)22-25-21(26-31-22)18-6-3-4-8-19(18)24/h3-9,16H,10-13H2,1-2H3. The maximum Gasteiger partial charge on any atom is 0.308 e. The van der Waals surface area contributed by atoms with Crippen molar-refractivity contribution < 1.29 is 23.2 Å². The summed E-state index contributed by atoms with van der Waals surface area (Å²) in [5, 5.41) is 3.92. The van der Waals surface area contributed by atoms with Gasteiger partial charge in [0.1, 0.15) is 11.6 Å². The summed E-state index contributed by atoms with van der Waals surface area (Å²) in [4.78, 5) is 30.4. The first-order valence-electron chi connectivity index (χ1n) is 10.1. The number of ether oxygens (including phenoxy) is 1. The van der Waals surface area contributed by atoms with E-state index in [4.69, 9.17) is 9.26 Å². The number of esters is 1. The Hall–Kier alpha value is -3.55. The van der Waals surface area contributed by atoms with E-state index in [2.05, 4.69) is 10.1 Å². The quantitative estimate of drug-likeness (QED) is 0.463.